The summed E-state index contributed by atoms with van der Waals surface area (Å²) < 4.78 is 10.3. The van der Waals surface area contributed by atoms with Crippen molar-refractivity contribution in [2.24, 2.45) is 0 Å². The van der Waals surface area contributed by atoms with Crippen molar-refractivity contribution in [2.75, 3.05) is 33.0 Å². The van der Waals surface area contributed by atoms with Crippen molar-refractivity contribution < 1.29 is 19.4 Å². The maximum absolute atomic E-state index is 11.6. The molecule has 0 aromatic heterocycles. The van der Waals surface area contributed by atoms with Crippen LogP contribution in [0.25, 0.3) is 0 Å². The summed E-state index contributed by atoms with van der Waals surface area (Å²) in [5.41, 5.74) is 1.15. The molecule has 0 amide bonds. The van der Waals surface area contributed by atoms with Crippen LogP contribution in [0.2, 0.25) is 0 Å². The third-order valence-corrected chi connectivity index (χ3v) is 3.30. The maximum atomic E-state index is 11.6. The molecule has 4 nitrogen and oxygen atoms in total. The zero-order chi connectivity index (χ0) is 13.8. The Morgan fingerprint density at radius 2 is 1.74 bits per heavy atom. The van der Waals surface area contributed by atoms with Crippen LogP contribution >= 0.6 is 11.8 Å². The average Bonchev–Trinajstić information content (AvgIpc) is 2.45. The second kappa shape index (κ2) is 11.0. The first-order valence-corrected chi connectivity index (χ1v) is 7.27. The molecule has 0 saturated heterocycles. The van der Waals surface area contributed by atoms with Crippen LogP contribution in [-0.2, 0) is 20.0 Å². The summed E-state index contributed by atoms with van der Waals surface area (Å²) >= 11 is 1.32. The van der Waals surface area contributed by atoms with Gasteiger partial charge in [-0.05, 0) is 5.56 Å². The predicted octanol–water partition coefficient (Wildman–Crippen LogP) is 1.86. The molecule has 0 saturated carbocycles. The van der Waals surface area contributed by atoms with E-state index < -0.39 is 0 Å². The molecule has 0 aliphatic heterocycles. The molecule has 1 aromatic carbocycles. The highest BCUT2D eigenvalue weighted by atomic mass is 32.2. The van der Waals surface area contributed by atoms with Crippen molar-refractivity contribution >= 4 is 16.9 Å². The largest absolute Gasteiger partial charge is 0.394 e. The molecule has 19 heavy (non-hydrogen) atoms. The van der Waals surface area contributed by atoms with E-state index in [9.17, 15) is 4.79 Å². The smallest absolute Gasteiger partial charge is 0.191 e. The molecule has 1 N–H and O–H groups in total. The highest BCUT2D eigenvalue weighted by Crippen LogP contribution is 2.14. The predicted molar refractivity (Wildman–Crippen MR) is 76.1 cm³/mol. The van der Waals surface area contributed by atoms with Crippen molar-refractivity contribution in [2.45, 2.75) is 12.2 Å². The molecule has 1 aromatic rings. The van der Waals surface area contributed by atoms with Gasteiger partial charge in [-0.2, -0.15) is 0 Å². The van der Waals surface area contributed by atoms with Crippen LogP contribution in [0.5, 0.6) is 0 Å². The Kier molecular flexibility index (Phi) is 9.36. The minimum Gasteiger partial charge on any atom is -0.394 e. The molecular weight excluding hydrogens is 264 g/mol. The summed E-state index contributed by atoms with van der Waals surface area (Å²) in [7, 11) is 0. The third-order valence-electron chi connectivity index (χ3n) is 2.30. The molecule has 5 heteroatoms. The fraction of sp³-hybridized carbons (Fsp3) is 0.500. The van der Waals surface area contributed by atoms with Crippen LogP contribution < -0.4 is 0 Å². The van der Waals surface area contributed by atoms with Crippen molar-refractivity contribution in [3.8, 4) is 0 Å². The molecule has 0 heterocycles. The number of aliphatic hydroxyl groups is 1. The van der Waals surface area contributed by atoms with Crippen molar-refractivity contribution in [1.82, 2.24) is 0 Å². The molecule has 1 rings (SSSR count). The van der Waals surface area contributed by atoms with E-state index in [4.69, 9.17) is 14.6 Å². The third kappa shape index (κ3) is 8.77. The fourth-order valence-corrected chi connectivity index (χ4v) is 2.10. The van der Waals surface area contributed by atoms with Crippen LogP contribution in [0.4, 0.5) is 0 Å². The second-order valence-corrected chi connectivity index (χ2v) is 4.88. The van der Waals surface area contributed by atoms with Gasteiger partial charge in [0.2, 0.25) is 0 Å². The fourth-order valence-electron chi connectivity index (χ4n) is 1.35. The topological polar surface area (TPSA) is 55.8 Å². The number of aliphatic hydroxyl groups excluding tert-OH is 1. The number of rotatable bonds is 10. The van der Waals surface area contributed by atoms with Gasteiger partial charge in [-0.1, -0.05) is 42.1 Å². The van der Waals surface area contributed by atoms with E-state index in [0.717, 1.165) is 5.56 Å². The SMILES string of the molecule is O=C(CCOCCOCCO)SCc1ccccc1. The van der Waals surface area contributed by atoms with Crippen molar-refractivity contribution in [1.29, 1.82) is 0 Å². The van der Waals surface area contributed by atoms with Crippen LogP contribution in [0, 0.1) is 0 Å². The Morgan fingerprint density at radius 3 is 2.42 bits per heavy atom. The van der Waals surface area contributed by atoms with E-state index in [1.165, 1.54) is 11.8 Å². The van der Waals surface area contributed by atoms with Crippen molar-refractivity contribution in [3.63, 3.8) is 0 Å². The lowest BCUT2D eigenvalue weighted by atomic mass is 10.2. The van der Waals surface area contributed by atoms with E-state index in [1.54, 1.807) is 0 Å². The first-order chi connectivity index (χ1) is 9.33. The van der Waals surface area contributed by atoms with Gasteiger partial charge in [0.25, 0.3) is 0 Å². The van der Waals surface area contributed by atoms with E-state index >= 15 is 0 Å². The number of carbonyl (C=O) groups is 1. The number of hydrogen-bond acceptors (Lipinski definition) is 5. The second-order valence-electron chi connectivity index (χ2n) is 3.84. The molecule has 106 valence electrons. The number of thioether (sulfide) groups is 1. The summed E-state index contributed by atoms with van der Waals surface area (Å²) in [6.45, 7) is 1.68. The van der Waals surface area contributed by atoms with Gasteiger partial charge in [-0.25, -0.2) is 0 Å². The Balaban J connectivity index is 1.96. The summed E-state index contributed by atoms with van der Waals surface area (Å²) in [6, 6.07) is 9.92. The maximum Gasteiger partial charge on any atom is 0.191 e. The average molecular weight is 284 g/mol. The molecule has 0 aliphatic rings. The van der Waals surface area contributed by atoms with Gasteiger partial charge in [0.1, 0.15) is 0 Å². The van der Waals surface area contributed by atoms with Gasteiger partial charge in [-0.15, -0.1) is 0 Å². The summed E-state index contributed by atoms with van der Waals surface area (Å²) in [6.07, 6.45) is 0.414. The zero-order valence-corrected chi connectivity index (χ0v) is 11.7. The summed E-state index contributed by atoms with van der Waals surface area (Å²) in [5, 5.41) is 8.62. The minimum atomic E-state index is 0.0224. The Hall–Kier alpha value is -0.880. The Morgan fingerprint density at radius 1 is 1.05 bits per heavy atom. The van der Waals surface area contributed by atoms with Gasteiger partial charge < -0.3 is 14.6 Å². The van der Waals surface area contributed by atoms with Crippen LogP contribution in [0.1, 0.15) is 12.0 Å². The molecule has 0 radical (unpaired) electrons. The Bertz CT molecular complexity index is 343. The van der Waals surface area contributed by atoms with Gasteiger partial charge in [0.15, 0.2) is 5.12 Å². The van der Waals surface area contributed by atoms with Crippen LogP contribution in [-0.4, -0.2) is 43.3 Å². The quantitative estimate of drug-likeness (QED) is 0.665. The minimum absolute atomic E-state index is 0.0224. The number of carbonyl (C=O) groups excluding carboxylic acids is 1. The van der Waals surface area contributed by atoms with Gasteiger partial charge in [-0.3, -0.25) is 4.79 Å². The van der Waals surface area contributed by atoms with E-state index in [-0.39, 0.29) is 11.7 Å². The van der Waals surface area contributed by atoms with E-state index in [1.807, 2.05) is 30.3 Å². The molecular formula is C14H20O4S. The highest BCUT2D eigenvalue weighted by Gasteiger charge is 2.03. The highest BCUT2D eigenvalue weighted by molar-refractivity contribution is 8.12. The molecule has 0 bridgehead atoms. The van der Waals surface area contributed by atoms with E-state index in [2.05, 4.69) is 0 Å². The molecule has 0 aliphatic carbocycles. The van der Waals surface area contributed by atoms with Crippen LogP contribution in [0.15, 0.2) is 30.3 Å². The van der Waals surface area contributed by atoms with Gasteiger partial charge in [0, 0.05) is 12.2 Å². The summed E-state index contributed by atoms with van der Waals surface area (Å²) in [5.74, 6) is 0.708. The Labute approximate surface area is 118 Å². The first-order valence-electron chi connectivity index (χ1n) is 6.29. The molecule has 0 atom stereocenters. The normalized spacial score (nSPS) is 10.6. The number of benzene rings is 1. The van der Waals surface area contributed by atoms with Crippen molar-refractivity contribution in [3.05, 3.63) is 35.9 Å². The van der Waals surface area contributed by atoms with Gasteiger partial charge in [0.05, 0.1) is 33.0 Å². The molecule has 0 fully saturated rings. The first kappa shape index (κ1) is 16.2. The lowest BCUT2D eigenvalue weighted by molar-refractivity contribution is -0.112. The lowest BCUT2D eigenvalue weighted by Crippen LogP contribution is -2.09. The van der Waals surface area contributed by atoms with E-state index in [0.29, 0.717) is 38.6 Å². The monoisotopic (exact) mass is 284 g/mol. The summed E-state index contributed by atoms with van der Waals surface area (Å²) in [4.78, 5) is 11.6. The zero-order valence-electron chi connectivity index (χ0n) is 10.9. The van der Waals surface area contributed by atoms with Gasteiger partial charge >= 0.3 is 0 Å². The number of hydrogen-bond donors (Lipinski definition) is 1. The standard InChI is InChI=1S/C14H20O4S/c15-7-9-18-11-10-17-8-6-14(16)19-12-13-4-2-1-3-5-13/h1-5,15H,6-12H2. The molecule has 0 unspecified atom stereocenters. The lowest BCUT2D eigenvalue weighted by Gasteiger charge is -2.04. The number of ether oxygens (including phenoxy) is 2. The van der Waals surface area contributed by atoms with Crippen LogP contribution in [0.3, 0.4) is 0 Å². The molecule has 0 spiro atoms.